The van der Waals surface area contributed by atoms with Gasteiger partial charge in [0.25, 0.3) is 5.69 Å². The van der Waals surface area contributed by atoms with Gasteiger partial charge in [0.1, 0.15) is 12.0 Å². The van der Waals surface area contributed by atoms with Crippen molar-refractivity contribution in [3.05, 3.63) is 40.2 Å². The largest absolute Gasteiger partial charge is 0.320 e. The maximum absolute atomic E-state index is 12.0. The first-order valence-corrected chi connectivity index (χ1v) is 7.94. The molecule has 8 nitrogen and oxygen atoms in total. The number of rotatable bonds is 6. The number of nitrogens with zero attached hydrogens (tertiary/aromatic N) is 4. The van der Waals surface area contributed by atoms with Crippen molar-refractivity contribution < 1.29 is 9.72 Å². The molecule has 0 aliphatic heterocycles. The first-order chi connectivity index (χ1) is 10.9. The standard InChI is InChI=1S/C14H17N5O3S/c1-9(2)18-8-15-17-14(18)23-7-13(20)16-11-5-4-10(3)6-12(11)19(21)22/h4-6,8-9H,7H2,1-3H3,(H,16,20). The SMILES string of the molecule is Cc1ccc(NC(=O)CSc2nncn2C(C)C)c([N+](=O)[O-])c1. The Morgan fingerprint density at radius 1 is 1.48 bits per heavy atom. The molecule has 1 amide bonds. The Hall–Kier alpha value is -2.42. The van der Waals surface area contributed by atoms with E-state index in [2.05, 4.69) is 15.5 Å². The lowest BCUT2D eigenvalue weighted by Gasteiger charge is -2.09. The Morgan fingerprint density at radius 3 is 2.87 bits per heavy atom. The van der Waals surface area contributed by atoms with Crippen molar-refractivity contribution in [1.29, 1.82) is 0 Å². The minimum Gasteiger partial charge on any atom is -0.320 e. The van der Waals surface area contributed by atoms with Gasteiger partial charge in [-0.15, -0.1) is 10.2 Å². The summed E-state index contributed by atoms with van der Waals surface area (Å²) in [6, 6.07) is 4.87. The summed E-state index contributed by atoms with van der Waals surface area (Å²) >= 11 is 1.23. The third-order valence-electron chi connectivity index (χ3n) is 3.05. The molecule has 0 saturated heterocycles. The molecule has 1 N–H and O–H groups in total. The van der Waals surface area contributed by atoms with Crippen molar-refractivity contribution in [2.75, 3.05) is 11.1 Å². The van der Waals surface area contributed by atoms with Crippen molar-refractivity contribution in [3.63, 3.8) is 0 Å². The number of nitro groups is 1. The average Bonchev–Trinajstić information content (AvgIpc) is 2.95. The number of nitrogens with one attached hydrogen (secondary N) is 1. The third-order valence-corrected chi connectivity index (χ3v) is 4.01. The zero-order valence-electron chi connectivity index (χ0n) is 13.0. The molecule has 23 heavy (non-hydrogen) atoms. The smallest absolute Gasteiger partial charge is 0.293 e. The molecule has 0 atom stereocenters. The van der Waals surface area contributed by atoms with Crippen LogP contribution in [-0.2, 0) is 4.79 Å². The summed E-state index contributed by atoms with van der Waals surface area (Å²) in [5.41, 5.74) is 0.833. The fraction of sp³-hybridized carbons (Fsp3) is 0.357. The topological polar surface area (TPSA) is 103 Å². The van der Waals surface area contributed by atoms with E-state index >= 15 is 0 Å². The highest BCUT2D eigenvalue weighted by Gasteiger charge is 2.17. The van der Waals surface area contributed by atoms with Crippen molar-refractivity contribution >= 4 is 29.0 Å². The first-order valence-electron chi connectivity index (χ1n) is 6.95. The maximum atomic E-state index is 12.0. The highest BCUT2D eigenvalue weighted by molar-refractivity contribution is 7.99. The minimum atomic E-state index is -0.509. The van der Waals surface area contributed by atoms with Gasteiger partial charge < -0.3 is 9.88 Å². The van der Waals surface area contributed by atoms with E-state index in [4.69, 9.17) is 0 Å². The second-order valence-electron chi connectivity index (χ2n) is 5.23. The molecule has 0 aliphatic rings. The summed E-state index contributed by atoms with van der Waals surface area (Å²) < 4.78 is 1.85. The van der Waals surface area contributed by atoms with E-state index < -0.39 is 4.92 Å². The monoisotopic (exact) mass is 335 g/mol. The van der Waals surface area contributed by atoms with Gasteiger partial charge in [-0.05, 0) is 32.4 Å². The van der Waals surface area contributed by atoms with Gasteiger partial charge in [0, 0.05) is 12.1 Å². The highest BCUT2D eigenvalue weighted by Crippen LogP contribution is 2.26. The molecule has 0 radical (unpaired) electrons. The number of carbonyl (C=O) groups is 1. The Balaban J connectivity index is 2.03. The number of anilines is 1. The summed E-state index contributed by atoms with van der Waals surface area (Å²) in [7, 11) is 0. The van der Waals surface area contributed by atoms with Crippen LogP contribution in [0.25, 0.3) is 0 Å². The van der Waals surface area contributed by atoms with Crippen molar-refractivity contribution in [2.24, 2.45) is 0 Å². The molecule has 0 saturated carbocycles. The van der Waals surface area contributed by atoms with Gasteiger partial charge in [-0.2, -0.15) is 0 Å². The Bertz CT molecular complexity index is 729. The zero-order chi connectivity index (χ0) is 17.0. The van der Waals surface area contributed by atoms with Crippen LogP contribution >= 0.6 is 11.8 Å². The Kier molecular flexibility index (Phi) is 5.32. The quantitative estimate of drug-likeness (QED) is 0.494. The van der Waals surface area contributed by atoms with Gasteiger partial charge >= 0.3 is 0 Å². The van der Waals surface area contributed by atoms with E-state index in [1.165, 1.54) is 23.9 Å². The predicted molar refractivity (Wildman–Crippen MR) is 87.6 cm³/mol. The molecule has 0 fully saturated rings. The third kappa shape index (κ3) is 4.28. The highest BCUT2D eigenvalue weighted by atomic mass is 32.2. The Morgan fingerprint density at radius 2 is 2.22 bits per heavy atom. The van der Waals surface area contributed by atoms with Crippen LogP contribution in [0.5, 0.6) is 0 Å². The van der Waals surface area contributed by atoms with Crippen molar-refractivity contribution in [2.45, 2.75) is 32.0 Å². The van der Waals surface area contributed by atoms with Crippen LogP contribution in [0.4, 0.5) is 11.4 Å². The molecule has 0 bridgehead atoms. The minimum absolute atomic E-state index is 0.0937. The normalized spacial score (nSPS) is 10.8. The van der Waals surface area contributed by atoms with Crippen LogP contribution in [0.2, 0.25) is 0 Å². The summed E-state index contributed by atoms with van der Waals surface area (Å²) in [5, 5.41) is 22.0. The fourth-order valence-electron chi connectivity index (χ4n) is 1.90. The number of aromatic nitrogens is 3. The van der Waals surface area contributed by atoms with Gasteiger partial charge in [0.15, 0.2) is 5.16 Å². The van der Waals surface area contributed by atoms with Gasteiger partial charge in [0.05, 0.1) is 10.7 Å². The molecular weight excluding hydrogens is 318 g/mol. The van der Waals surface area contributed by atoms with Crippen LogP contribution in [0.1, 0.15) is 25.5 Å². The molecule has 1 aromatic carbocycles. The molecule has 122 valence electrons. The molecule has 9 heteroatoms. The lowest BCUT2D eigenvalue weighted by molar-refractivity contribution is -0.384. The van der Waals surface area contributed by atoms with Crippen LogP contribution in [0, 0.1) is 17.0 Å². The second-order valence-corrected chi connectivity index (χ2v) is 6.17. The molecule has 1 aromatic heterocycles. The van der Waals surface area contributed by atoms with Crippen LogP contribution in [0.3, 0.4) is 0 Å². The number of aryl methyl sites for hydroxylation is 1. The van der Waals surface area contributed by atoms with Crippen LogP contribution < -0.4 is 5.32 Å². The molecule has 0 spiro atoms. The van der Waals surface area contributed by atoms with Gasteiger partial charge in [-0.3, -0.25) is 14.9 Å². The second kappa shape index (κ2) is 7.23. The summed E-state index contributed by atoms with van der Waals surface area (Å²) in [6.45, 7) is 5.74. The van der Waals surface area contributed by atoms with E-state index in [-0.39, 0.29) is 29.1 Å². The first kappa shape index (κ1) is 16.9. The maximum Gasteiger partial charge on any atom is 0.293 e. The van der Waals surface area contributed by atoms with Crippen molar-refractivity contribution in [1.82, 2.24) is 14.8 Å². The van der Waals surface area contributed by atoms with Crippen LogP contribution in [0.15, 0.2) is 29.7 Å². The molecular formula is C14H17N5O3S. The Labute approximate surface area is 137 Å². The number of amides is 1. The van der Waals surface area contributed by atoms with E-state index in [1.807, 2.05) is 18.4 Å². The number of hydrogen-bond donors (Lipinski definition) is 1. The number of benzene rings is 1. The molecule has 2 aromatic rings. The number of thioether (sulfide) groups is 1. The number of carbonyl (C=O) groups excluding carboxylic acids is 1. The lowest BCUT2D eigenvalue weighted by Crippen LogP contribution is -2.16. The van der Waals surface area contributed by atoms with E-state index in [0.29, 0.717) is 5.16 Å². The van der Waals surface area contributed by atoms with E-state index in [0.717, 1.165) is 5.56 Å². The zero-order valence-corrected chi connectivity index (χ0v) is 13.8. The summed E-state index contributed by atoms with van der Waals surface area (Å²) in [5.74, 6) is -0.239. The number of hydrogen-bond acceptors (Lipinski definition) is 6. The van der Waals surface area contributed by atoms with Gasteiger partial charge in [-0.25, -0.2) is 0 Å². The van der Waals surface area contributed by atoms with Crippen molar-refractivity contribution in [3.8, 4) is 0 Å². The molecule has 2 rings (SSSR count). The summed E-state index contributed by atoms with van der Waals surface area (Å²) in [4.78, 5) is 22.6. The molecule has 1 heterocycles. The number of nitro benzene ring substituents is 1. The lowest BCUT2D eigenvalue weighted by atomic mass is 10.2. The van der Waals surface area contributed by atoms with E-state index in [9.17, 15) is 14.9 Å². The van der Waals surface area contributed by atoms with Gasteiger partial charge in [-0.1, -0.05) is 17.8 Å². The molecule has 0 aliphatic carbocycles. The predicted octanol–water partition coefficient (Wildman–Crippen LogP) is 2.81. The average molecular weight is 335 g/mol. The van der Waals surface area contributed by atoms with Crippen LogP contribution in [-0.4, -0.2) is 31.3 Å². The fourth-order valence-corrected chi connectivity index (χ4v) is 2.75. The van der Waals surface area contributed by atoms with Gasteiger partial charge in [0.2, 0.25) is 5.91 Å². The van der Waals surface area contributed by atoms with E-state index in [1.54, 1.807) is 19.3 Å². The molecule has 0 unspecified atom stereocenters. The summed E-state index contributed by atoms with van der Waals surface area (Å²) in [6.07, 6.45) is 1.61.